The molecular weight excluding hydrogens is 362 g/mol. The standard InChI is InChI=1S/C20H15N3O3S/c21-12-14-10-11-27-19(14)23-18(24)13-26-20(25)16-8-4-5-9-17(16)22-15-6-2-1-3-7-15/h1-11,22H,13H2,(H,23,24). The second-order valence-corrected chi connectivity index (χ2v) is 6.35. The Labute approximate surface area is 160 Å². The van der Waals surface area contributed by atoms with Gasteiger partial charge in [-0.3, -0.25) is 4.79 Å². The Morgan fingerprint density at radius 3 is 2.56 bits per heavy atom. The van der Waals surface area contributed by atoms with E-state index in [0.717, 1.165) is 5.69 Å². The van der Waals surface area contributed by atoms with Crippen LogP contribution in [-0.4, -0.2) is 18.5 Å². The molecule has 1 amide bonds. The number of carbonyl (C=O) groups is 2. The van der Waals surface area contributed by atoms with Crippen LogP contribution in [0.3, 0.4) is 0 Å². The average molecular weight is 377 g/mol. The van der Waals surface area contributed by atoms with Crippen molar-refractivity contribution < 1.29 is 14.3 Å². The lowest BCUT2D eigenvalue weighted by atomic mass is 10.1. The number of esters is 1. The van der Waals surface area contributed by atoms with E-state index in [1.54, 1.807) is 35.7 Å². The first-order valence-electron chi connectivity index (χ1n) is 8.03. The predicted molar refractivity (Wildman–Crippen MR) is 104 cm³/mol. The van der Waals surface area contributed by atoms with Crippen LogP contribution in [-0.2, 0) is 9.53 Å². The van der Waals surface area contributed by atoms with Gasteiger partial charge in [-0.25, -0.2) is 4.79 Å². The Bertz CT molecular complexity index is 993. The zero-order valence-electron chi connectivity index (χ0n) is 14.1. The molecule has 2 aromatic carbocycles. The fourth-order valence-corrected chi connectivity index (χ4v) is 3.07. The minimum atomic E-state index is -0.615. The lowest BCUT2D eigenvalue weighted by Gasteiger charge is -2.11. The molecule has 3 aromatic rings. The molecule has 0 radical (unpaired) electrons. The molecule has 27 heavy (non-hydrogen) atoms. The third kappa shape index (κ3) is 4.71. The molecule has 0 aliphatic rings. The molecule has 0 aliphatic carbocycles. The van der Waals surface area contributed by atoms with Gasteiger partial charge < -0.3 is 15.4 Å². The van der Waals surface area contributed by atoms with E-state index in [2.05, 4.69) is 10.6 Å². The van der Waals surface area contributed by atoms with Crippen LogP contribution in [0.25, 0.3) is 0 Å². The van der Waals surface area contributed by atoms with Crippen LogP contribution in [0.4, 0.5) is 16.4 Å². The van der Waals surface area contributed by atoms with Crippen molar-refractivity contribution >= 4 is 39.6 Å². The average Bonchev–Trinajstić information content (AvgIpc) is 3.14. The van der Waals surface area contributed by atoms with Gasteiger partial charge >= 0.3 is 5.97 Å². The van der Waals surface area contributed by atoms with Crippen LogP contribution >= 0.6 is 11.3 Å². The van der Waals surface area contributed by atoms with Gasteiger partial charge in [0.25, 0.3) is 5.91 Å². The van der Waals surface area contributed by atoms with E-state index in [1.165, 1.54) is 11.3 Å². The topological polar surface area (TPSA) is 91.2 Å². The summed E-state index contributed by atoms with van der Waals surface area (Å²) in [4.78, 5) is 24.4. The van der Waals surface area contributed by atoms with Gasteiger partial charge in [-0.05, 0) is 35.7 Å². The molecule has 0 fully saturated rings. The molecule has 1 heterocycles. The summed E-state index contributed by atoms with van der Waals surface area (Å²) in [5, 5.41) is 16.8. The second kappa shape index (κ2) is 8.65. The van der Waals surface area contributed by atoms with Crippen LogP contribution in [0.2, 0.25) is 0 Å². The number of anilines is 3. The van der Waals surface area contributed by atoms with Crippen LogP contribution in [0.1, 0.15) is 15.9 Å². The number of thiophene rings is 1. The minimum absolute atomic E-state index is 0.322. The molecule has 134 valence electrons. The van der Waals surface area contributed by atoms with Crippen LogP contribution in [0, 0.1) is 11.3 Å². The van der Waals surface area contributed by atoms with Crippen molar-refractivity contribution in [2.75, 3.05) is 17.2 Å². The molecule has 0 bridgehead atoms. The lowest BCUT2D eigenvalue weighted by Crippen LogP contribution is -2.21. The molecule has 1 aromatic heterocycles. The van der Waals surface area contributed by atoms with Gasteiger partial charge in [-0.2, -0.15) is 5.26 Å². The zero-order chi connectivity index (χ0) is 19.1. The molecule has 3 rings (SSSR count). The first-order chi connectivity index (χ1) is 13.2. The van der Waals surface area contributed by atoms with Gasteiger partial charge in [0.2, 0.25) is 0 Å². The van der Waals surface area contributed by atoms with Crippen molar-refractivity contribution in [2.24, 2.45) is 0 Å². The highest BCUT2D eigenvalue weighted by atomic mass is 32.1. The summed E-state index contributed by atoms with van der Waals surface area (Å²) in [5.74, 6) is -1.12. The highest BCUT2D eigenvalue weighted by Gasteiger charge is 2.15. The van der Waals surface area contributed by atoms with Crippen molar-refractivity contribution in [2.45, 2.75) is 0 Å². The van der Waals surface area contributed by atoms with E-state index in [4.69, 9.17) is 10.00 Å². The SMILES string of the molecule is N#Cc1ccsc1NC(=O)COC(=O)c1ccccc1Nc1ccccc1. The minimum Gasteiger partial charge on any atom is -0.452 e. The zero-order valence-corrected chi connectivity index (χ0v) is 15.0. The van der Waals surface area contributed by atoms with Gasteiger partial charge in [0, 0.05) is 5.69 Å². The Morgan fingerprint density at radius 2 is 1.78 bits per heavy atom. The Hall–Kier alpha value is -3.63. The number of hydrogen-bond acceptors (Lipinski definition) is 6. The summed E-state index contributed by atoms with van der Waals surface area (Å²) in [7, 11) is 0. The van der Waals surface area contributed by atoms with E-state index >= 15 is 0 Å². The summed E-state index contributed by atoms with van der Waals surface area (Å²) in [6.45, 7) is -0.443. The number of amides is 1. The lowest BCUT2D eigenvalue weighted by molar-refractivity contribution is -0.119. The predicted octanol–water partition coefficient (Wildman–Crippen LogP) is 4.16. The number of ether oxygens (including phenoxy) is 1. The van der Waals surface area contributed by atoms with Gasteiger partial charge in [0.05, 0.1) is 16.8 Å². The monoisotopic (exact) mass is 377 g/mol. The maximum absolute atomic E-state index is 12.4. The van der Waals surface area contributed by atoms with Gasteiger partial charge in [-0.15, -0.1) is 11.3 Å². The third-order valence-corrected chi connectivity index (χ3v) is 4.40. The number of hydrogen-bond donors (Lipinski definition) is 2. The second-order valence-electron chi connectivity index (χ2n) is 5.44. The van der Waals surface area contributed by atoms with Crippen molar-refractivity contribution in [1.29, 1.82) is 5.26 Å². The molecule has 6 nitrogen and oxygen atoms in total. The maximum Gasteiger partial charge on any atom is 0.340 e. The molecular formula is C20H15N3O3S. The van der Waals surface area contributed by atoms with Gasteiger partial charge in [0.1, 0.15) is 11.1 Å². The summed E-state index contributed by atoms with van der Waals surface area (Å²) in [5.41, 5.74) is 2.11. The largest absolute Gasteiger partial charge is 0.452 e. The quantitative estimate of drug-likeness (QED) is 0.630. The van der Waals surface area contributed by atoms with E-state index < -0.39 is 18.5 Å². The molecule has 0 aliphatic heterocycles. The van der Waals surface area contributed by atoms with Crippen molar-refractivity contribution in [1.82, 2.24) is 0 Å². The molecule has 0 atom stereocenters. The van der Waals surface area contributed by atoms with E-state index in [0.29, 0.717) is 21.8 Å². The Morgan fingerprint density at radius 1 is 1.04 bits per heavy atom. The first kappa shape index (κ1) is 18.2. The number of nitriles is 1. The Balaban J connectivity index is 1.63. The Kier molecular flexibility index (Phi) is 5.82. The summed E-state index contributed by atoms with van der Waals surface area (Å²) < 4.78 is 5.12. The summed E-state index contributed by atoms with van der Waals surface area (Å²) >= 11 is 1.23. The normalized spacial score (nSPS) is 9.89. The number of rotatable bonds is 6. The van der Waals surface area contributed by atoms with E-state index in [1.807, 2.05) is 36.4 Å². The van der Waals surface area contributed by atoms with Gasteiger partial charge in [0.15, 0.2) is 6.61 Å². The number of para-hydroxylation sites is 2. The van der Waals surface area contributed by atoms with Gasteiger partial charge in [-0.1, -0.05) is 30.3 Å². The summed E-state index contributed by atoms with van der Waals surface area (Å²) in [6, 6.07) is 19.9. The highest BCUT2D eigenvalue weighted by molar-refractivity contribution is 7.14. The molecule has 2 N–H and O–H groups in total. The molecule has 0 spiro atoms. The number of nitrogens with one attached hydrogen (secondary N) is 2. The summed E-state index contributed by atoms with van der Waals surface area (Å²) in [6.07, 6.45) is 0. The van der Waals surface area contributed by atoms with Crippen molar-refractivity contribution in [3.63, 3.8) is 0 Å². The fraction of sp³-hybridized carbons (Fsp3) is 0.0500. The molecule has 0 saturated carbocycles. The first-order valence-corrected chi connectivity index (χ1v) is 8.91. The van der Waals surface area contributed by atoms with Crippen LogP contribution in [0.15, 0.2) is 66.0 Å². The van der Waals surface area contributed by atoms with Crippen molar-refractivity contribution in [3.8, 4) is 6.07 Å². The number of carbonyl (C=O) groups excluding carboxylic acids is 2. The highest BCUT2D eigenvalue weighted by Crippen LogP contribution is 2.23. The third-order valence-electron chi connectivity index (χ3n) is 3.57. The smallest absolute Gasteiger partial charge is 0.340 e. The molecule has 0 unspecified atom stereocenters. The van der Waals surface area contributed by atoms with Crippen LogP contribution < -0.4 is 10.6 Å². The number of nitrogens with zero attached hydrogens (tertiary/aromatic N) is 1. The number of benzene rings is 2. The maximum atomic E-state index is 12.4. The van der Waals surface area contributed by atoms with E-state index in [9.17, 15) is 9.59 Å². The van der Waals surface area contributed by atoms with Crippen LogP contribution in [0.5, 0.6) is 0 Å². The van der Waals surface area contributed by atoms with Crippen molar-refractivity contribution in [3.05, 3.63) is 77.2 Å². The molecule has 7 heteroatoms. The van der Waals surface area contributed by atoms with E-state index in [-0.39, 0.29) is 0 Å². The fourth-order valence-electron chi connectivity index (χ4n) is 2.31. The molecule has 0 saturated heterocycles.